The first-order valence-electron chi connectivity index (χ1n) is 10.8. The number of hydrogen-bond donors (Lipinski definition) is 0. The monoisotopic (exact) mass is 388 g/mol. The van der Waals surface area contributed by atoms with Crippen LogP contribution in [0.3, 0.4) is 0 Å². The molecule has 4 aromatic rings. The van der Waals surface area contributed by atoms with Gasteiger partial charge in [-0.3, -0.25) is 0 Å². The van der Waals surface area contributed by atoms with E-state index in [4.69, 9.17) is 0 Å². The average Bonchev–Trinajstić information content (AvgIpc) is 3.35. The van der Waals surface area contributed by atoms with E-state index < -0.39 is 0 Å². The molecule has 1 aliphatic carbocycles. The molecule has 0 saturated carbocycles. The third-order valence-electron chi connectivity index (χ3n) is 7.18. The van der Waals surface area contributed by atoms with E-state index in [9.17, 15) is 0 Å². The van der Waals surface area contributed by atoms with Gasteiger partial charge in [-0.05, 0) is 47.7 Å². The molecule has 0 fully saturated rings. The predicted octanol–water partition coefficient (Wildman–Crippen LogP) is 8.23. The lowest BCUT2D eigenvalue weighted by Gasteiger charge is -2.24. The third-order valence-corrected chi connectivity index (χ3v) is 7.18. The molecular formula is C29H26N+. The molecule has 1 heteroatoms. The van der Waals surface area contributed by atoms with E-state index >= 15 is 0 Å². The van der Waals surface area contributed by atoms with E-state index in [2.05, 4.69) is 113 Å². The van der Waals surface area contributed by atoms with Gasteiger partial charge in [0, 0.05) is 41.8 Å². The van der Waals surface area contributed by atoms with Crippen LogP contribution in [0, 0.1) is 13.8 Å². The van der Waals surface area contributed by atoms with Crippen LogP contribution in [-0.4, -0.2) is 0 Å². The zero-order valence-corrected chi connectivity index (χ0v) is 18.0. The van der Waals surface area contributed by atoms with Crippen molar-refractivity contribution < 1.29 is 0 Å². The topological polar surface area (TPSA) is 0 Å². The molecule has 0 N–H and O–H groups in total. The second kappa shape index (κ2) is 5.71. The molecule has 2 aliphatic rings. The minimum Gasteiger partial charge on any atom is -0.184 e. The molecule has 1 nitrogen and oxygen atoms in total. The van der Waals surface area contributed by atoms with Gasteiger partial charge < -0.3 is 0 Å². The van der Waals surface area contributed by atoms with Gasteiger partial charge in [-0.1, -0.05) is 61.9 Å². The van der Waals surface area contributed by atoms with Gasteiger partial charge in [0.1, 0.15) is 11.4 Å². The van der Waals surface area contributed by atoms with Crippen LogP contribution in [0.25, 0.3) is 11.1 Å². The molecule has 1 heterocycles. The summed E-state index contributed by atoms with van der Waals surface area (Å²) in [5, 5.41) is 0. The lowest BCUT2D eigenvalue weighted by molar-refractivity contribution is 0.658. The summed E-state index contributed by atoms with van der Waals surface area (Å²) in [6, 6.07) is 31.9. The Morgan fingerprint density at radius 3 is 2.00 bits per heavy atom. The highest BCUT2D eigenvalue weighted by Crippen LogP contribution is 2.68. The van der Waals surface area contributed by atoms with Crippen LogP contribution in [0.2, 0.25) is 0 Å². The number of hydrogen-bond acceptors (Lipinski definition) is 0. The Morgan fingerprint density at radius 2 is 1.23 bits per heavy atom. The SMILES string of the molecule is Cc1ccc([N+]2(c3ccc4c(c3)C(C)(C)c3ccccc3-4)c3ccc(C)cc32)cc1. The Bertz CT molecular complexity index is 1330. The van der Waals surface area contributed by atoms with Crippen molar-refractivity contribution in [2.24, 2.45) is 0 Å². The second-order valence-electron chi connectivity index (χ2n) is 9.40. The molecule has 146 valence electrons. The third kappa shape index (κ3) is 2.11. The molecule has 0 spiro atoms. The quantitative estimate of drug-likeness (QED) is 0.211. The maximum atomic E-state index is 2.46. The molecule has 0 aromatic heterocycles. The summed E-state index contributed by atoms with van der Waals surface area (Å²) in [7, 11) is 0. The fourth-order valence-electron chi connectivity index (χ4n) is 5.50. The predicted molar refractivity (Wildman–Crippen MR) is 127 cm³/mol. The Morgan fingerprint density at radius 1 is 0.567 bits per heavy atom. The van der Waals surface area contributed by atoms with Crippen molar-refractivity contribution in [3.63, 3.8) is 0 Å². The van der Waals surface area contributed by atoms with Crippen molar-refractivity contribution >= 4 is 22.7 Å². The Hall–Kier alpha value is -3.16. The maximum absolute atomic E-state index is 2.46. The van der Waals surface area contributed by atoms with Gasteiger partial charge in [0.05, 0.1) is 0 Å². The van der Waals surface area contributed by atoms with Crippen molar-refractivity contribution in [1.82, 2.24) is 4.48 Å². The average molecular weight is 389 g/mol. The zero-order valence-electron chi connectivity index (χ0n) is 18.0. The summed E-state index contributed by atoms with van der Waals surface area (Å²) in [6.07, 6.45) is 0. The van der Waals surface area contributed by atoms with Gasteiger partial charge in [0.2, 0.25) is 11.4 Å². The number of quaternary nitrogens is 1. The number of benzene rings is 4. The highest BCUT2D eigenvalue weighted by Gasteiger charge is 2.57. The highest BCUT2D eigenvalue weighted by atomic mass is 15.5. The lowest BCUT2D eigenvalue weighted by atomic mass is 9.82. The lowest BCUT2D eigenvalue weighted by Crippen LogP contribution is -2.19. The summed E-state index contributed by atoms with van der Waals surface area (Å²) in [5.74, 6) is 0. The van der Waals surface area contributed by atoms with Gasteiger partial charge in [-0.2, -0.15) is 4.48 Å². The van der Waals surface area contributed by atoms with Gasteiger partial charge in [-0.15, -0.1) is 0 Å². The normalized spacial score (nSPS) is 19.7. The van der Waals surface area contributed by atoms with Crippen LogP contribution < -0.4 is 4.48 Å². The summed E-state index contributed by atoms with van der Waals surface area (Å²) in [5.41, 5.74) is 13.7. The maximum Gasteiger partial charge on any atom is 0.211 e. The molecule has 30 heavy (non-hydrogen) atoms. The highest BCUT2D eigenvalue weighted by molar-refractivity contribution is 6.02. The Kier molecular flexibility index (Phi) is 3.36. The molecule has 1 atom stereocenters. The summed E-state index contributed by atoms with van der Waals surface area (Å²) in [4.78, 5) is 0. The summed E-state index contributed by atoms with van der Waals surface area (Å²) >= 11 is 0. The van der Waals surface area contributed by atoms with Gasteiger partial charge in [-0.25, -0.2) is 0 Å². The fraction of sp³-hybridized carbons (Fsp3) is 0.172. The van der Waals surface area contributed by atoms with Crippen LogP contribution in [0.15, 0.2) is 84.9 Å². The van der Waals surface area contributed by atoms with E-state index in [1.807, 2.05) is 0 Å². The minimum absolute atomic E-state index is 0.0112. The molecule has 1 unspecified atom stereocenters. The summed E-state index contributed by atoms with van der Waals surface area (Å²) in [6.45, 7) is 9.06. The number of fused-ring (bicyclic) bond motifs is 4. The van der Waals surface area contributed by atoms with Gasteiger partial charge >= 0.3 is 0 Å². The van der Waals surface area contributed by atoms with Crippen LogP contribution in [0.4, 0.5) is 22.7 Å². The summed E-state index contributed by atoms with van der Waals surface area (Å²) < 4.78 is 0.744. The first-order valence-corrected chi connectivity index (χ1v) is 10.8. The smallest absolute Gasteiger partial charge is 0.184 e. The first-order chi connectivity index (χ1) is 14.4. The van der Waals surface area contributed by atoms with E-state index in [0.29, 0.717) is 0 Å². The minimum atomic E-state index is 0.0112. The Balaban J connectivity index is 1.59. The van der Waals surface area contributed by atoms with Crippen molar-refractivity contribution in [2.45, 2.75) is 33.1 Å². The second-order valence-corrected chi connectivity index (χ2v) is 9.40. The van der Waals surface area contributed by atoms with Crippen LogP contribution in [0.5, 0.6) is 0 Å². The van der Waals surface area contributed by atoms with E-state index in [-0.39, 0.29) is 5.41 Å². The number of aryl methyl sites for hydroxylation is 2. The van der Waals surface area contributed by atoms with Crippen LogP contribution in [-0.2, 0) is 5.41 Å². The first kappa shape index (κ1) is 17.7. The molecule has 0 amide bonds. The molecule has 6 rings (SSSR count). The molecule has 4 aromatic carbocycles. The number of nitrogens with zero attached hydrogens (tertiary/aromatic N) is 1. The van der Waals surface area contributed by atoms with Gasteiger partial charge in [0.25, 0.3) is 0 Å². The van der Waals surface area contributed by atoms with Crippen molar-refractivity contribution in [3.8, 4) is 11.1 Å². The number of rotatable bonds is 2. The van der Waals surface area contributed by atoms with Crippen molar-refractivity contribution in [3.05, 3.63) is 107 Å². The van der Waals surface area contributed by atoms with E-state index in [1.54, 1.807) is 0 Å². The molecule has 0 saturated heterocycles. The largest absolute Gasteiger partial charge is 0.211 e. The van der Waals surface area contributed by atoms with Crippen molar-refractivity contribution in [2.75, 3.05) is 0 Å². The van der Waals surface area contributed by atoms with E-state index in [0.717, 1.165) is 4.48 Å². The van der Waals surface area contributed by atoms with E-state index in [1.165, 1.54) is 56.1 Å². The molecule has 0 bridgehead atoms. The fourth-order valence-corrected chi connectivity index (χ4v) is 5.50. The Labute approximate surface area is 178 Å². The molecular weight excluding hydrogens is 362 g/mol. The standard InChI is InChI=1S/C29H26N/c1-19-9-12-21(13-10-19)30(27-16-11-20(2)17-28(27)30)22-14-15-24-23-7-5-6-8-25(23)29(3,4)26(24)18-22/h5-18H,1-4H3/q+1. The molecule has 1 aliphatic heterocycles. The van der Waals surface area contributed by atoms with Gasteiger partial charge in [0.15, 0.2) is 0 Å². The van der Waals surface area contributed by atoms with Crippen LogP contribution >= 0.6 is 0 Å². The van der Waals surface area contributed by atoms with Crippen molar-refractivity contribution in [1.29, 1.82) is 0 Å². The molecule has 0 radical (unpaired) electrons. The van der Waals surface area contributed by atoms with Crippen LogP contribution in [0.1, 0.15) is 36.1 Å². The zero-order chi connectivity index (χ0) is 20.7.